The van der Waals surface area contributed by atoms with Crippen molar-refractivity contribution in [2.75, 3.05) is 19.8 Å². The Labute approximate surface area is 91.8 Å². The lowest BCUT2D eigenvalue weighted by Crippen LogP contribution is -2.51. The molecule has 2 rings (SSSR count). The molecular formula is C12H22O3. The van der Waals surface area contributed by atoms with Gasteiger partial charge in [0.15, 0.2) is 5.79 Å². The molecule has 15 heavy (non-hydrogen) atoms. The second-order valence-corrected chi connectivity index (χ2v) is 5.06. The van der Waals surface area contributed by atoms with E-state index in [9.17, 15) is 5.11 Å². The van der Waals surface area contributed by atoms with Crippen LogP contribution in [0, 0.1) is 5.41 Å². The maximum atomic E-state index is 9.37. The van der Waals surface area contributed by atoms with Gasteiger partial charge in [-0.2, -0.15) is 0 Å². The quantitative estimate of drug-likeness (QED) is 0.765. The summed E-state index contributed by atoms with van der Waals surface area (Å²) in [6.07, 6.45) is 6.68. The Bertz CT molecular complexity index is 193. The van der Waals surface area contributed by atoms with Crippen LogP contribution in [0.25, 0.3) is 0 Å². The van der Waals surface area contributed by atoms with Crippen LogP contribution in [0.1, 0.15) is 45.4 Å². The molecule has 0 bridgehead atoms. The van der Waals surface area contributed by atoms with Crippen molar-refractivity contribution in [3.63, 3.8) is 0 Å². The minimum absolute atomic E-state index is 0.150. The molecule has 2 fully saturated rings. The van der Waals surface area contributed by atoms with E-state index >= 15 is 0 Å². The zero-order valence-corrected chi connectivity index (χ0v) is 9.63. The minimum atomic E-state index is -0.300. The summed E-state index contributed by atoms with van der Waals surface area (Å²) in [5.41, 5.74) is -0.150. The highest BCUT2D eigenvalue weighted by Crippen LogP contribution is 2.40. The fourth-order valence-electron chi connectivity index (χ4n) is 2.44. The number of ether oxygens (including phenoxy) is 2. The third-order valence-electron chi connectivity index (χ3n) is 3.98. The van der Waals surface area contributed by atoms with Crippen molar-refractivity contribution in [2.45, 2.75) is 51.2 Å². The van der Waals surface area contributed by atoms with E-state index in [1.165, 1.54) is 19.3 Å². The second kappa shape index (κ2) is 4.40. The van der Waals surface area contributed by atoms with Crippen LogP contribution < -0.4 is 0 Å². The molecule has 2 aliphatic rings. The van der Waals surface area contributed by atoms with Gasteiger partial charge in [-0.3, -0.25) is 0 Å². The van der Waals surface area contributed by atoms with Crippen LogP contribution in [-0.4, -0.2) is 30.7 Å². The summed E-state index contributed by atoms with van der Waals surface area (Å²) in [7, 11) is 0. The molecule has 0 unspecified atom stereocenters. The molecule has 1 heterocycles. The van der Waals surface area contributed by atoms with Crippen molar-refractivity contribution in [3.05, 3.63) is 0 Å². The molecule has 1 saturated carbocycles. The lowest BCUT2D eigenvalue weighted by atomic mass is 9.85. The van der Waals surface area contributed by atoms with Crippen LogP contribution in [-0.2, 0) is 9.47 Å². The standard InChI is InChI=1S/C12H22O3/c1-2-11(8-13)9-14-12(15-10-11)6-4-3-5-7-12/h13H,2-10H2,1H3. The van der Waals surface area contributed by atoms with Gasteiger partial charge in [0.05, 0.1) is 19.8 Å². The molecule has 3 nitrogen and oxygen atoms in total. The summed E-state index contributed by atoms with van der Waals surface area (Å²) < 4.78 is 11.8. The Balaban J connectivity index is 1.95. The van der Waals surface area contributed by atoms with Gasteiger partial charge in [0.1, 0.15) is 0 Å². The predicted molar refractivity (Wildman–Crippen MR) is 57.5 cm³/mol. The van der Waals surface area contributed by atoms with E-state index in [4.69, 9.17) is 9.47 Å². The van der Waals surface area contributed by atoms with E-state index < -0.39 is 0 Å². The molecule has 1 saturated heterocycles. The zero-order valence-electron chi connectivity index (χ0n) is 9.63. The Morgan fingerprint density at radius 3 is 2.13 bits per heavy atom. The van der Waals surface area contributed by atoms with Crippen molar-refractivity contribution < 1.29 is 14.6 Å². The van der Waals surface area contributed by atoms with Crippen molar-refractivity contribution in [1.82, 2.24) is 0 Å². The summed E-state index contributed by atoms with van der Waals surface area (Å²) in [5.74, 6) is -0.300. The topological polar surface area (TPSA) is 38.7 Å². The van der Waals surface area contributed by atoms with E-state index in [-0.39, 0.29) is 17.8 Å². The first-order chi connectivity index (χ1) is 7.24. The van der Waals surface area contributed by atoms with Gasteiger partial charge >= 0.3 is 0 Å². The summed E-state index contributed by atoms with van der Waals surface area (Å²) in [6.45, 7) is 3.56. The van der Waals surface area contributed by atoms with Crippen molar-refractivity contribution in [2.24, 2.45) is 5.41 Å². The van der Waals surface area contributed by atoms with Gasteiger partial charge in [0.2, 0.25) is 0 Å². The third-order valence-corrected chi connectivity index (χ3v) is 3.98. The highest BCUT2D eigenvalue weighted by atomic mass is 16.7. The highest BCUT2D eigenvalue weighted by molar-refractivity contribution is 4.86. The van der Waals surface area contributed by atoms with E-state index in [1.807, 2.05) is 0 Å². The van der Waals surface area contributed by atoms with Crippen LogP contribution >= 0.6 is 0 Å². The average molecular weight is 214 g/mol. The largest absolute Gasteiger partial charge is 0.396 e. The number of rotatable bonds is 2. The molecule has 3 heteroatoms. The van der Waals surface area contributed by atoms with Crippen LogP contribution in [0.2, 0.25) is 0 Å². The van der Waals surface area contributed by atoms with Crippen molar-refractivity contribution in [1.29, 1.82) is 0 Å². The van der Waals surface area contributed by atoms with Crippen LogP contribution in [0.15, 0.2) is 0 Å². The van der Waals surface area contributed by atoms with Crippen molar-refractivity contribution in [3.8, 4) is 0 Å². The molecule has 1 aliphatic heterocycles. The van der Waals surface area contributed by atoms with Gasteiger partial charge in [0, 0.05) is 18.3 Å². The molecule has 0 atom stereocenters. The van der Waals surface area contributed by atoms with E-state index in [1.54, 1.807) is 0 Å². The van der Waals surface area contributed by atoms with Crippen molar-refractivity contribution >= 4 is 0 Å². The van der Waals surface area contributed by atoms with E-state index in [0.717, 1.165) is 19.3 Å². The molecule has 0 radical (unpaired) electrons. The smallest absolute Gasteiger partial charge is 0.168 e. The number of aliphatic hydroxyl groups excluding tert-OH is 1. The molecule has 1 aliphatic carbocycles. The summed E-state index contributed by atoms with van der Waals surface area (Å²) in [6, 6.07) is 0. The fraction of sp³-hybridized carbons (Fsp3) is 1.00. The monoisotopic (exact) mass is 214 g/mol. The Morgan fingerprint density at radius 2 is 1.67 bits per heavy atom. The van der Waals surface area contributed by atoms with Crippen LogP contribution in [0.5, 0.6) is 0 Å². The maximum absolute atomic E-state index is 9.37. The highest BCUT2D eigenvalue weighted by Gasteiger charge is 2.44. The minimum Gasteiger partial charge on any atom is -0.396 e. The first kappa shape index (κ1) is 11.4. The lowest BCUT2D eigenvalue weighted by molar-refractivity contribution is -0.319. The third kappa shape index (κ3) is 2.19. The lowest BCUT2D eigenvalue weighted by Gasteiger charge is -2.47. The molecule has 1 spiro atoms. The van der Waals surface area contributed by atoms with Gasteiger partial charge in [-0.25, -0.2) is 0 Å². The first-order valence-corrected chi connectivity index (χ1v) is 6.13. The van der Waals surface area contributed by atoms with Gasteiger partial charge in [-0.05, 0) is 19.3 Å². The van der Waals surface area contributed by atoms with Crippen LogP contribution in [0.4, 0.5) is 0 Å². The Hall–Kier alpha value is -0.120. The van der Waals surface area contributed by atoms with E-state index in [2.05, 4.69) is 6.92 Å². The maximum Gasteiger partial charge on any atom is 0.168 e. The summed E-state index contributed by atoms with van der Waals surface area (Å²) >= 11 is 0. The Morgan fingerprint density at radius 1 is 1.07 bits per heavy atom. The number of hydrogen-bond acceptors (Lipinski definition) is 3. The Kier molecular flexibility index (Phi) is 3.33. The molecule has 0 aromatic rings. The molecule has 0 aromatic carbocycles. The number of aliphatic hydroxyl groups is 1. The normalized spacial score (nSPS) is 29.2. The van der Waals surface area contributed by atoms with Gasteiger partial charge in [-0.1, -0.05) is 13.3 Å². The van der Waals surface area contributed by atoms with E-state index in [0.29, 0.717) is 13.2 Å². The average Bonchev–Trinajstić information content (AvgIpc) is 2.32. The van der Waals surface area contributed by atoms with Gasteiger partial charge in [-0.15, -0.1) is 0 Å². The summed E-state index contributed by atoms with van der Waals surface area (Å²) in [5, 5.41) is 9.37. The molecule has 1 N–H and O–H groups in total. The fourth-order valence-corrected chi connectivity index (χ4v) is 2.44. The zero-order chi connectivity index (χ0) is 10.8. The molecular weight excluding hydrogens is 192 g/mol. The summed E-state index contributed by atoms with van der Waals surface area (Å²) in [4.78, 5) is 0. The molecule has 0 aromatic heterocycles. The predicted octanol–water partition coefficient (Wildman–Crippen LogP) is 2.08. The number of hydrogen-bond donors (Lipinski definition) is 1. The SMILES string of the molecule is CCC1(CO)COC2(CCCCC2)OC1. The van der Waals surface area contributed by atoms with Crippen LogP contribution in [0.3, 0.4) is 0 Å². The first-order valence-electron chi connectivity index (χ1n) is 6.13. The molecule has 88 valence electrons. The second-order valence-electron chi connectivity index (χ2n) is 5.06. The van der Waals surface area contributed by atoms with Gasteiger partial charge < -0.3 is 14.6 Å². The molecule has 0 amide bonds. The van der Waals surface area contributed by atoms with Gasteiger partial charge in [0.25, 0.3) is 0 Å².